The number of hydrogen-bond donors (Lipinski definition) is 0. The Morgan fingerprint density at radius 1 is 1.31 bits per heavy atom. The third-order valence-electron chi connectivity index (χ3n) is 1.87. The van der Waals surface area contributed by atoms with E-state index < -0.39 is 0 Å². The van der Waals surface area contributed by atoms with Crippen LogP contribution in [-0.2, 0) is 9.53 Å². The molecule has 0 spiro atoms. The minimum absolute atomic E-state index is 0.283. The van der Waals surface area contributed by atoms with Crippen LogP contribution in [0.5, 0.6) is 0 Å². The van der Waals surface area contributed by atoms with Gasteiger partial charge in [-0.15, -0.1) is 0 Å². The topological polar surface area (TPSA) is 29.5 Å². The molecule has 0 amide bonds. The molecule has 0 saturated carbocycles. The summed E-state index contributed by atoms with van der Waals surface area (Å²) in [6.45, 7) is 12.5. The van der Waals surface area contributed by atoms with Crippen molar-refractivity contribution in [2.75, 3.05) is 26.2 Å². The molecule has 0 fully saturated rings. The Bertz CT molecular complexity index is 174. The molecule has 0 rings (SSSR count). The molecule has 0 aliphatic heterocycles. The van der Waals surface area contributed by atoms with Gasteiger partial charge in [0.25, 0.3) is 0 Å². The number of ether oxygens (including phenoxy) is 1. The van der Waals surface area contributed by atoms with Crippen molar-refractivity contribution in [1.29, 1.82) is 0 Å². The first-order chi connectivity index (χ1) is 6.15. The molecule has 0 atom stereocenters. The highest BCUT2D eigenvalue weighted by molar-refractivity contribution is 5.88. The highest BCUT2D eigenvalue weighted by Gasteiger charge is 2.10. The lowest BCUT2D eigenvalue weighted by atomic mass is 10.3. The van der Waals surface area contributed by atoms with Gasteiger partial charge in [-0.1, -0.05) is 20.4 Å². The second-order valence-electron chi connectivity index (χ2n) is 2.79. The van der Waals surface area contributed by atoms with Gasteiger partial charge in [-0.25, -0.2) is 4.79 Å². The lowest BCUT2D eigenvalue weighted by Crippen LogP contribution is -2.27. The van der Waals surface area contributed by atoms with Crippen LogP contribution in [0.2, 0.25) is 0 Å². The Kier molecular flexibility index (Phi) is 6.24. The number of carbonyl (C=O) groups excluding carboxylic acids is 1. The molecule has 0 saturated heterocycles. The number of carbonyl (C=O) groups is 1. The second-order valence-corrected chi connectivity index (χ2v) is 2.79. The molecular formula is C10H19NO2. The van der Waals surface area contributed by atoms with Crippen LogP contribution in [0, 0.1) is 0 Å². The van der Waals surface area contributed by atoms with Gasteiger partial charge in [-0.05, 0) is 20.0 Å². The Hall–Kier alpha value is -0.830. The summed E-state index contributed by atoms with van der Waals surface area (Å²) in [6, 6.07) is 0. The summed E-state index contributed by atoms with van der Waals surface area (Å²) in [5.41, 5.74) is 0.533. The Morgan fingerprint density at radius 2 is 1.85 bits per heavy atom. The first-order valence-corrected chi connectivity index (χ1v) is 4.72. The molecule has 0 aromatic carbocycles. The van der Waals surface area contributed by atoms with Crippen LogP contribution in [0.4, 0.5) is 0 Å². The molecule has 0 radical (unpaired) electrons. The van der Waals surface area contributed by atoms with Crippen molar-refractivity contribution in [3.63, 3.8) is 0 Å². The van der Waals surface area contributed by atoms with Crippen molar-refractivity contribution in [1.82, 2.24) is 4.90 Å². The second kappa shape index (κ2) is 6.66. The van der Waals surface area contributed by atoms with Gasteiger partial charge in [0.1, 0.15) is 0 Å². The molecule has 0 heterocycles. The minimum atomic E-state index is -0.283. The monoisotopic (exact) mass is 185 g/mol. The molecule has 0 aromatic rings. The fourth-order valence-electron chi connectivity index (χ4n) is 1.01. The van der Waals surface area contributed by atoms with E-state index in [-0.39, 0.29) is 5.97 Å². The normalized spacial score (nSPS) is 10.2. The largest absolute Gasteiger partial charge is 0.463 e. The maximum atomic E-state index is 11.2. The molecular weight excluding hydrogens is 166 g/mol. The highest BCUT2D eigenvalue weighted by Crippen LogP contribution is 1.99. The van der Waals surface area contributed by atoms with Gasteiger partial charge in [0.2, 0.25) is 0 Å². The Labute approximate surface area is 80.4 Å². The van der Waals surface area contributed by atoms with Gasteiger partial charge in [0.15, 0.2) is 0 Å². The molecule has 13 heavy (non-hydrogen) atoms. The molecule has 0 aromatic heterocycles. The van der Waals surface area contributed by atoms with E-state index in [2.05, 4.69) is 25.3 Å². The molecule has 0 N–H and O–H groups in total. The van der Waals surface area contributed by atoms with E-state index >= 15 is 0 Å². The Morgan fingerprint density at radius 3 is 2.23 bits per heavy atom. The van der Waals surface area contributed by atoms with Crippen LogP contribution in [0.15, 0.2) is 12.2 Å². The van der Waals surface area contributed by atoms with Crippen LogP contribution in [0.1, 0.15) is 20.8 Å². The highest BCUT2D eigenvalue weighted by atomic mass is 16.5. The molecule has 3 heteroatoms. The molecule has 0 bridgehead atoms. The van der Waals surface area contributed by atoms with E-state index in [0.717, 1.165) is 13.1 Å². The van der Waals surface area contributed by atoms with Crippen LogP contribution in [0.25, 0.3) is 0 Å². The zero-order valence-electron chi connectivity index (χ0n) is 8.80. The van der Waals surface area contributed by atoms with Crippen LogP contribution in [-0.4, -0.2) is 37.1 Å². The number of nitrogens with zero attached hydrogens (tertiary/aromatic N) is 1. The van der Waals surface area contributed by atoms with E-state index in [1.807, 2.05) is 0 Å². The van der Waals surface area contributed by atoms with E-state index in [1.54, 1.807) is 6.92 Å². The summed E-state index contributed by atoms with van der Waals surface area (Å²) in [4.78, 5) is 13.3. The summed E-state index contributed by atoms with van der Waals surface area (Å²) < 4.78 is 4.83. The average molecular weight is 185 g/mol. The molecule has 0 aliphatic rings. The summed E-state index contributed by atoms with van der Waals surface area (Å²) in [5, 5.41) is 0. The molecule has 0 aliphatic carbocycles. The summed E-state index contributed by atoms with van der Waals surface area (Å²) in [6.07, 6.45) is 0. The maximum absolute atomic E-state index is 11.2. The third-order valence-corrected chi connectivity index (χ3v) is 1.87. The van der Waals surface area contributed by atoms with E-state index in [0.29, 0.717) is 18.7 Å². The fraction of sp³-hybridized carbons (Fsp3) is 0.700. The molecule has 0 unspecified atom stereocenters. The SMILES string of the molecule is C=C(CN(CC)CC)C(=O)OCC. The first-order valence-electron chi connectivity index (χ1n) is 4.72. The first kappa shape index (κ1) is 12.2. The number of rotatable bonds is 6. The number of likely N-dealkylation sites (N-methyl/N-ethyl adjacent to an activating group) is 1. The van der Waals surface area contributed by atoms with Crippen LogP contribution in [0.3, 0.4) is 0 Å². The zero-order valence-corrected chi connectivity index (χ0v) is 8.80. The lowest BCUT2D eigenvalue weighted by molar-refractivity contribution is -0.138. The van der Waals surface area contributed by atoms with Crippen molar-refractivity contribution in [2.24, 2.45) is 0 Å². The van der Waals surface area contributed by atoms with Crippen LogP contribution >= 0.6 is 0 Å². The lowest BCUT2D eigenvalue weighted by Gasteiger charge is -2.18. The average Bonchev–Trinajstić information content (AvgIpc) is 2.14. The van der Waals surface area contributed by atoms with Gasteiger partial charge in [-0.3, -0.25) is 4.90 Å². The predicted molar refractivity (Wildman–Crippen MR) is 53.6 cm³/mol. The smallest absolute Gasteiger partial charge is 0.334 e. The van der Waals surface area contributed by atoms with Gasteiger partial charge in [0.05, 0.1) is 6.61 Å². The van der Waals surface area contributed by atoms with Crippen molar-refractivity contribution in [2.45, 2.75) is 20.8 Å². The van der Waals surface area contributed by atoms with Crippen molar-refractivity contribution in [3.8, 4) is 0 Å². The predicted octanol–water partition coefficient (Wildman–Crippen LogP) is 1.45. The number of esters is 1. The van der Waals surface area contributed by atoms with E-state index in [9.17, 15) is 4.79 Å². The van der Waals surface area contributed by atoms with Gasteiger partial charge < -0.3 is 4.74 Å². The van der Waals surface area contributed by atoms with Crippen LogP contribution < -0.4 is 0 Å². The van der Waals surface area contributed by atoms with Crippen molar-refractivity contribution < 1.29 is 9.53 Å². The Balaban J connectivity index is 3.90. The summed E-state index contributed by atoms with van der Waals surface area (Å²) >= 11 is 0. The fourth-order valence-corrected chi connectivity index (χ4v) is 1.01. The van der Waals surface area contributed by atoms with Gasteiger partial charge >= 0.3 is 5.97 Å². The number of hydrogen-bond acceptors (Lipinski definition) is 3. The zero-order chi connectivity index (χ0) is 10.3. The van der Waals surface area contributed by atoms with E-state index in [4.69, 9.17) is 4.74 Å². The van der Waals surface area contributed by atoms with Crippen molar-refractivity contribution in [3.05, 3.63) is 12.2 Å². The van der Waals surface area contributed by atoms with E-state index in [1.165, 1.54) is 0 Å². The van der Waals surface area contributed by atoms with Crippen molar-refractivity contribution >= 4 is 5.97 Å². The quantitative estimate of drug-likeness (QED) is 0.463. The maximum Gasteiger partial charge on any atom is 0.334 e. The van der Waals surface area contributed by atoms with Gasteiger partial charge in [0, 0.05) is 12.1 Å². The standard InChI is InChI=1S/C10H19NO2/c1-5-11(6-2)8-9(4)10(12)13-7-3/h4-8H2,1-3H3. The molecule has 76 valence electrons. The van der Waals surface area contributed by atoms with Gasteiger partial charge in [-0.2, -0.15) is 0 Å². The summed E-state index contributed by atoms with van der Waals surface area (Å²) in [5.74, 6) is -0.283. The third kappa shape index (κ3) is 4.68. The summed E-state index contributed by atoms with van der Waals surface area (Å²) in [7, 11) is 0. The molecule has 3 nitrogen and oxygen atoms in total. The minimum Gasteiger partial charge on any atom is -0.463 e.